The van der Waals surface area contributed by atoms with Crippen LogP contribution in [0, 0.1) is 0 Å². The predicted octanol–water partition coefficient (Wildman–Crippen LogP) is 6.65. The van der Waals surface area contributed by atoms with Gasteiger partial charge in [0.05, 0.1) is 24.3 Å². The summed E-state index contributed by atoms with van der Waals surface area (Å²) in [7, 11) is 1.48. The molecule has 3 aromatic rings. The number of imide groups is 1. The Bertz CT molecular complexity index is 1450. The van der Waals surface area contributed by atoms with E-state index >= 15 is 0 Å². The summed E-state index contributed by atoms with van der Waals surface area (Å²) >= 11 is 13.0. The molecular formula is C28H24Cl2N2O6S. The lowest BCUT2D eigenvalue weighted by molar-refractivity contribution is -0.127. The van der Waals surface area contributed by atoms with Gasteiger partial charge >= 0.3 is 0 Å². The number of amides is 3. The summed E-state index contributed by atoms with van der Waals surface area (Å²) in [4.78, 5) is 39.2. The molecular weight excluding hydrogens is 563 g/mol. The highest BCUT2D eigenvalue weighted by molar-refractivity contribution is 8.18. The van der Waals surface area contributed by atoms with E-state index in [0.717, 1.165) is 22.2 Å². The number of methoxy groups -OCH3 is 1. The third-order valence-corrected chi connectivity index (χ3v) is 7.01. The minimum atomic E-state index is -0.559. The normalized spacial score (nSPS) is 14.1. The molecule has 1 saturated heterocycles. The molecule has 3 amide bonds. The van der Waals surface area contributed by atoms with Crippen molar-refractivity contribution in [3.63, 3.8) is 0 Å². The number of ether oxygens (including phenoxy) is 3. The molecule has 1 heterocycles. The van der Waals surface area contributed by atoms with Crippen LogP contribution < -0.4 is 19.5 Å². The highest BCUT2D eigenvalue weighted by Gasteiger charge is 2.36. The van der Waals surface area contributed by atoms with Crippen molar-refractivity contribution in [3.05, 3.63) is 86.7 Å². The number of halogens is 2. The summed E-state index contributed by atoms with van der Waals surface area (Å²) in [6, 6.07) is 17.2. The van der Waals surface area contributed by atoms with E-state index in [4.69, 9.17) is 37.4 Å². The van der Waals surface area contributed by atoms with Crippen LogP contribution in [0.15, 0.2) is 65.6 Å². The van der Waals surface area contributed by atoms with Crippen molar-refractivity contribution in [2.24, 2.45) is 0 Å². The Hall–Kier alpha value is -3.66. The van der Waals surface area contributed by atoms with Crippen LogP contribution in [0.2, 0.25) is 10.0 Å². The van der Waals surface area contributed by atoms with Gasteiger partial charge in [-0.3, -0.25) is 19.3 Å². The minimum absolute atomic E-state index is 0.189. The first-order valence-corrected chi connectivity index (χ1v) is 13.4. The summed E-state index contributed by atoms with van der Waals surface area (Å²) in [5.74, 6) is 0.335. The second-order valence-electron chi connectivity index (χ2n) is 8.18. The Balaban J connectivity index is 1.46. The fraction of sp³-hybridized carbons (Fsp3) is 0.179. The van der Waals surface area contributed by atoms with Crippen LogP contribution in [-0.4, -0.2) is 42.2 Å². The summed E-state index contributed by atoms with van der Waals surface area (Å²) in [6.45, 7) is 2.00. The zero-order chi connectivity index (χ0) is 27.9. The fourth-order valence-electron chi connectivity index (χ4n) is 3.67. The molecule has 0 aromatic heterocycles. The molecule has 0 atom stereocenters. The van der Waals surface area contributed by atoms with Gasteiger partial charge in [-0.05, 0) is 66.7 Å². The molecule has 202 valence electrons. The second kappa shape index (κ2) is 12.9. The average Bonchev–Trinajstić information content (AvgIpc) is 3.16. The number of benzene rings is 3. The molecule has 1 aliphatic heterocycles. The van der Waals surface area contributed by atoms with E-state index in [9.17, 15) is 14.4 Å². The van der Waals surface area contributed by atoms with E-state index in [1.165, 1.54) is 7.11 Å². The Morgan fingerprint density at radius 1 is 1.00 bits per heavy atom. The number of thioether (sulfide) groups is 1. The highest BCUT2D eigenvalue weighted by atomic mass is 35.5. The lowest BCUT2D eigenvalue weighted by Crippen LogP contribution is -2.36. The third kappa shape index (κ3) is 7.06. The molecule has 0 radical (unpaired) electrons. The number of hydrogen-bond donors (Lipinski definition) is 1. The molecule has 0 aliphatic carbocycles. The monoisotopic (exact) mass is 586 g/mol. The maximum Gasteiger partial charge on any atom is 0.294 e. The van der Waals surface area contributed by atoms with Gasteiger partial charge in [-0.15, -0.1) is 0 Å². The van der Waals surface area contributed by atoms with Crippen LogP contribution in [0.5, 0.6) is 17.2 Å². The molecule has 3 aromatic carbocycles. The van der Waals surface area contributed by atoms with Gasteiger partial charge in [-0.1, -0.05) is 47.5 Å². The number of carbonyl (C=O) groups is 3. The first kappa shape index (κ1) is 28.4. The van der Waals surface area contributed by atoms with Crippen LogP contribution in [0.4, 0.5) is 10.5 Å². The molecule has 0 bridgehead atoms. The highest BCUT2D eigenvalue weighted by Crippen LogP contribution is 2.35. The molecule has 4 rings (SSSR count). The summed E-state index contributed by atoms with van der Waals surface area (Å²) in [5, 5.41) is 3.15. The van der Waals surface area contributed by atoms with Crippen molar-refractivity contribution in [2.45, 2.75) is 13.5 Å². The van der Waals surface area contributed by atoms with Gasteiger partial charge in [0.2, 0.25) is 5.91 Å². The first-order chi connectivity index (χ1) is 18.8. The van der Waals surface area contributed by atoms with Crippen LogP contribution in [0.3, 0.4) is 0 Å². The van der Waals surface area contributed by atoms with Gasteiger partial charge in [0.15, 0.2) is 11.5 Å². The number of nitrogens with one attached hydrogen (secondary N) is 1. The molecule has 1 N–H and O–H groups in total. The number of para-hydroxylation sites is 2. The number of rotatable bonds is 10. The van der Waals surface area contributed by atoms with Crippen LogP contribution in [0.1, 0.15) is 18.1 Å². The molecule has 0 saturated carbocycles. The van der Waals surface area contributed by atoms with Crippen LogP contribution in [0.25, 0.3) is 6.08 Å². The first-order valence-electron chi connectivity index (χ1n) is 11.8. The van der Waals surface area contributed by atoms with E-state index in [1.807, 2.05) is 6.92 Å². The topological polar surface area (TPSA) is 94.2 Å². The van der Waals surface area contributed by atoms with Crippen LogP contribution >= 0.6 is 35.0 Å². The van der Waals surface area contributed by atoms with E-state index < -0.39 is 23.6 Å². The molecule has 39 heavy (non-hydrogen) atoms. The van der Waals surface area contributed by atoms with Gasteiger partial charge in [0.1, 0.15) is 18.9 Å². The summed E-state index contributed by atoms with van der Waals surface area (Å²) in [5.41, 5.74) is 1.83. The van der Waals surface area contributed by atoms with Gasteiger partial charge in [-0.25, -0.2) is 0 Å². The Labute approximate surface area is 239 Å². The summed E-state index contributed by atoms with van der Waals surface area (Å²) < 4.78 is 16.9. The molecule has 11 heteroatoms. The maximum atomic E-state index is 13.0. The van der Waals surface area contributed by atoms with Crippen molar-refractivity contribution >= 4 is 63.8 Å². The quantitative estimate of drug-likeness (QED) is 0.265. The minimum Gasteiger partial charge on any atom is -0.495 e. The summed E-state index contributed by atoms with van der Waals surface area (Å²) in [6.07, 6.45) is 1.57. The van der Waals surface area contributed by atoms with E-state index in [0.29, 0.717) is 45.2 Å². The predicted molar refractivity (Wildman–Crippen MR) is 153 cm³/mol. The smallest absolute Gasteiger partial charge is 0.294 e. The SMILES string of the molecule is CCOc1cc(/C=C2/SC(=O)N(CC(=O)Nc3ccccc3OC)C2=O)ccc1OCc1ccc(Cl)cc1Cl. The van der Waals surface area contributed by atoms with E-state index in [1.54, 1.807) is 66.7 Å². The molecule has 8 nitrogen and oxygen atoms in total. The lowest BCUT2D eigenvalue weighted by atomic mass is 10.1. The number of nitrogens with zero attached hydrogens (tertiary/aromatic N) is 1. The number of anilines is 1. The molecule has 0 unspecified atom stereocenters. The third-order valence-electron chi connectivity index (χ3n) is 5.52. The number of carbonyl (C=O) groups excluding carboxylic acids is 3. The second-order valence-corrected chi connectivity index (χ2v) is 10.0. The van der Waals surface area contributed by atoms with Gasteiger partial charge in [0.25, 0.3) is 11.1 Å². The van der Waals surface area contributed by atoms with Gasteiger partial charge in [0, 0.05) is 15.6 Å². The number of hydrogen-bond acceptors (Lipinski definition) is 7. The zero-order valence-corrected chi connectivity index (χ0v) is 23.4. The Kier molecular flexibility index (Phi) is 9.40. The fourth-order valence-corrected chi connectivity index (χ4v) is 4.97. The lowest BCUT2D eigenvalue weighted by Gasteiger charge is -2.14. The average molecular weight is 587 g/mol. The van der Waals surface area contributed by atoms with Crippen molar-refractivity contribution in [1.82, 2.24) is 4.90 Å². The van der Waals surface area contributed by atoms with E-state index in [-0.39, 0.29) is 11.5 Å². The van der Waals surface area contributed by atoms with Gasteiger partial charge < -0.3 is 19.5 Å². The van der Waals surface area contributed by atoms with Crippen molar-refractivity contribution in [2.75, 3.05) is 25.6 Å². The van der Waals surface area contributed by atoms with Gasteiger partial charge in [-0.2, -0.15) is 0 Å². The molecule has 1 fully saturated rings. The Morgan fingerprint density at radius 2 is 1.79 bits per heavy atom. The van der Waals surface area contributed by atoms with Crippen molar-refractivity contribution < 1.29 is 28.6 Å². The largest absolute Gasteiger partial charge is 0.495 e. The van der Waals surface area contributed by atoms with Crippen molar-refractivity contribution in [1.29, 1.82) is 0 Å². The standard InChI is InChI=1S/C28H24Cl2N2O6S/c1-3-37-24-12-17(8-11-23(24)38-16-18-9-10-19(29)14-20(18)30)13-25-27(34)32(28(35)39-25)15-26(33)31-21-6-4-5-7-22(21)36-2/h4-14H,3,15-16H2,1-2H3,(H,31,33)/b25-13+. The maximum absolute atomic E-state index is 13.0. The molecule has 1 aliphatic rings. The van der Waals surface area contributed by atoms with E-state index in [2.05, 4.69) is 5.32 Å². The molecule has 0 spiro atoms. The zero-order valence-electron chi connectivity index (χ0n) is 21.0. The Morgan fingerprint density at radius 3 is 2.54 bits per heavy atom. The van der Waals surface area contributed by atoms with Crippen molar-refractivity contribution in [3.8, 4) is 17.2 Å². The van der Waals surface area contributed by atoms with Crippen LogP contribution in [-0.2, 0) is 16.2 Å².